The molecule has 1 aliphatic heterocycles. The van der Waals surface area contributed by atoms with Crippen LogP contribution in [0.25, 0.3) is 10.9 Å². The van der Waals surface area contributed by atoms with Crippen molar-refractivity contribution in [3.63, 3.8) is 0 Å². The van der Waals surface area contributed by atoms with E-state index in [-0.39, 0.29) is 0 Å². The molecule has 0 amide bonds. The van der Waals surface area contributed by atoms with Crippen molar-refractivity contribution in [2.45, 2.75) is 65.3 Å². The molecule has 0 saturated carbocycles. The fraction of sp³-hybridized carbons (Fsp3) is 0.556. The van der Waals surface area contributed by atoms with Crippen molar-refractivity contribution in [1.29, 1.82) is 0 Å². The van der Waals surface area contributed by atoms with E-state index in [1.165, 1.54) is 4.68 Å². The third kappa shape index (κ3) is 3.24. The Balaban J connectivity index is 2.11. The normalized spacial score (nSPS) is 19.2. The number of carbonyl (C=O) groups is 1. The topological polar surface area (TPSA) is 62.6 Å². The van der Waals surface area contributed by atoms with Gasteiger partial charge in [-0.15, -0.1) is 0 Å². The van der Waals surface area contributed by atoms with Gasteiger partial charge in [-0.2, -0.15) is 9.78 Å². The maximum atomic E-state index is 12.6. The Morgan fingerprint density at radius 2 is 1.77 bits per heavy atom. The number of benzene rings is 1. The first-order chi connectivity index (χ1) is 11.8. The highest BCUT2D eigenvalue weighted by molar-refractivity contribution is 6.65. The average molecular weight is 379 g/mol. The third-order valence-corrected chi connectivity index (χ3v) is 5.11. The van der Waals surface area contributed by atoms with Gasteiger partial charge in [-0.25, -0.2) is 4.79 Å². The molecule has 1 aliphatic rings. The number of rotatable bonds is 1. The summed E-state index contributed by atoms with van der Waals surface area (Å²) in [6.45, 7) is 13.3. The van der Waals surface area contributed by atoms with Gasteiger partial charge >= 0.3 is 13.2 Å². The molecule has 0 aliphatic carbocycles. The minimum Gasteiger partial charge on any atom is -0.442 e. The highest BCUT2D eigenvalue weighted by Gasteiger charge is 2.52. The lowest BCUT2D eigenvalue weighted by atomic mass is 9.78. The Kier molecular flexibility index (Phi) is 4.41. The maximum Gasteiger partial charge on any atom is 0.497 e. The highest BCUT2D eigenvalue weighted by atomic mass is 35.5. The lowest BCUT2D eigenvalue weighted by molar-refractivity contribution is 0.00578. The number of nitrogens with zero attached hydrogens (tertiary/aromatic N) is 2. The number of hydrogen-bond donors (Lipinski definition) is 0. The molecule has 1 aromatic heterocycles. The predicted octanol–water partition coefficient (Wildman–Crippen LogP) is 3.77. The Labute approximate surface area is 158 Å². The number of carbonyl (C=O) groups excluding carboxylic acids is 1. The lowest BCUT2D eigenvalue weighted by Crippen LogP contribution is -2.41. The van der Waals surface area contributed by atoms with Crippen LogP contribution in [0.15, 0.2) is 18.3 Å². The first-order valence-corrected chi connectivity index (χ1v) is 8.95. The standard InChI is InChI=1S/C18H24BClN2O4/c1-16(2,3)24-15(23)22-14-11(10-21-22)13(20)9-8-12(14)19-25-17(4,5)18(6,7)26-19/h8-10H,1-7H3. The summed E-state index contributed by atoms with van der Waals surface area (Å²) in [5, 5.41) is 5.33. The molecule has 0 radical (unpaired) electrons. The SMILES string of the molecule is CC(C)(C)OC(=O)n1ncc2c(Cl)ccc(B3OC(C)(C)C(C)(C)O3)c21. The van der Waals surface area contributed by atoms with Crippen LogP contribution in [0.4, 0.5) is 4.79 Å². The van der Waals surface area contributed by atoms with Gasteiger partial charge in [-0.05, 0) is 54.5 Å². The second-order valence-corrected chi connectivity index (χ2v) is 8.93. The van der Waals surface area contributed by atoms with Gasteiger partial charge < -0.3 is 14.0 Å². The van der Waals surface area contributed by atoms with E-state index < -0.39 is 30.0 Å². The van der Waals surface area contributed by atoms with Gasteiger partial charge in [0, 0.05) is 10.8 Å². The first-order valence-electron chi connectivity index (χ1n) is 8.57. The zero-order valence-electron chi connectivity index (χ0n) is 16.2. The molecule has 2 heterocycles. The predicted molar refractivity (Wildman–Crippen MR) is 102 cm³/mol. The number of hydrogen-bond acceptors (Lipinski definition) is 5. The fourth-order valence-electron chi connectivity index (χ4n) is 2.74. The molecule has 0 N–H and O–H groups in total. The Bertz CT molecular complexity index is 854. The van der Waals surface area contributed by atoms with Crippen molar-refractivity contribution in [1.82, 2.24) is 9.78 Å². The molecule has 6 nitrogen and oxygen atoms in total. The van der Waals surface area contributed by atoms with Crippen molar-refractivity contribution >= 4 is 41.2 Å². The van der Waals surface area contributed by atoms with Crippen LogP contribution in [0.2, 0.25) is 5.02 Å². The molecule has 0 atom stereocenters. The summed E-state index contributed by atoms with van der Waals surface area (Å²) in [4.78, 5) is 12.6. The number of aromatic nitrogens is 2. The molecule has 0 unspecified atom stereocenters. The molecular formula is C18H24BClN2O4. The Morgan fingerprint density at radius 3 is 2.31 bits per heavy atom. The van der Waals surface area contributed by atoms with Crippen molar-refractivity contribution < 1.29 is 18.8 Å². The second-order valence-electron chi connectivity index (χ2n) is 8.52. The van der Waals surface area contributed by atoms with E-state index >= 15 is 0 Å². The van der Waals surface area contributed by atoms with Crippen LogP contribution in [0.1, 0.15) is 48.5 Å². The summed E-state index contributed by atoms with van der Waals surface area (Å²) in [5.74, 6) is 0. The van der Waals surface area contributed by atoms with Crippen molar-refractivity contribution in [2.75, 3.05) is 0 Å². The van der Waals surface area contributed by atoms with Gasteiger partial charge in [0.05, 0.1) is 27.9 Å². The van der Waals surface area contributed by atoms with Gasteiger partial charge in [0.25, 0.3) is 0 Å². The van der Waals surface area contributed by atoms with E-state index in [9.17, 15) is 4.79 Å². The molecule has 1 saturated heterocycles. The summed E-state index contributed by atoms with van der Waals surface area (Å²) < 4.78 is 19.0. The van der Waals surface area contributed by atoms with E-state index in [0.29, 0.717) is 21.4 Å². The van der Waals surface area contributed by atoms with Gasteiger partial charge in [0.1, 0.15) is 5.60 Å². The van der Waals surface area contributed by atoms with Crippen LogP contribution in [-0.4, -0.2) is 39.8 Å². The second kappa shape index (κ2) is 5.97. The summed E-state index contributed by atoms with van der Waals surface area (Å²) in [6.07, 6.45) is 0.976. The molecule has 1 aromatic carbocycles. The van der Waals surface area contributed by atoms with Crippen LogP contribution in [0.3, 0.4) is 0 Å². The monoisotopic (exact) mass is 378 g/mol. The zero-order valence-corrected chi connectivity index (χ0v) is 17.0. The number of halogens is 1. The van der Waals surface area contributed by atoms with Gasteiger partial charge in [0.15, 0.2) is 0 Å². The van der Waals surface area contributed by atoms with Crippen molar-refractivity contribution in [3.05, 3.63) is 23.4 Å². The van der Waals surface area contributed by atoms with Gasteiger partial charge in [0.2, 0.25) is 0 Å². The van der Waals surface area contributed by atoms with Crippen molar-refractivity contribution in [2.24, 2.45) is 0 Å². The van der Waals surface area contributed by atoms with Crippen molar-refractivity contribution in [3.8, 4) is 0 Å². The molecule has 26 heavy (non-hydrogen) atoms. The fourth-order valence-corrected chi connectivity index (χ4v) is 2.94. The zero-order chi connectivity index (χ0) is 19.5. The van der Waals surface area contributed by atoms with E-state index in [1.54, 1.807) is 39.1 Å². The van der Waals surface area contributed by atoms with E-state index in [4.69, 9.17) is 25.6 Å². The van der Waals surface area contributed by atoms with E-state index in [1.807, 2.05) is 27.7 Å². The summed E-state index contributed by atoms with van der Waals surface area (Å²) in [5.41, 5.74) is -0.421. The minimum atomic E-state index is -0.641. The number of ether oxygens (including phenoxy) is 1. The van der Waals surface area contributed by atoms with Crippen LogP contribution in [0, 0.1) is 0 Å². The summed E-state index contributed by atoms with van der Waals surface area (Å²) in [7, 11) is -0.641. The smallest absolute Gasteiger partial charge is 0.442 e. The van der Waals surface area contributed by atoms with E-state index in [0.717, 1.165) is 0 Å². The van der Waals surface area contributed by atoms with Gasteiger partial charge in [-0.1, -0.05) is 17.7 Å². The molecule has 3 rings (SSSR count). The van der Waals surface area contributed by atoms with Gasteiger partial charge in [-0.3, -0.25) is 0 Å². The van der Waals surface area contributed by atoms with E-state index in [2.05, 4.69) is 5.10 Å². The quantitative estimate of drug-likeness (QED) is 0.707. The first kappa shape index (κ1) is 19.2. The Morgan fingerprint density at radius 1 is 1.19 bits per heavy atom. The minimum absolute atomic E-state index is 0.495. The largest absolute Gasteiger partial charge is 0.497 e. The highest BCUT2D eigenvalue weighted by Crippen LogP contribution is 2.37. The molecule has 1 fully saturated rings. The maximum absolute atomic E-state index is 12.6. The Hall–Kier alpha value is -1.57. The molecule has 0 spiro atoms. The van der Waals surface area contributed by atoms with Crippen LogP contribution in [-0.2, 0) is 14.0 Å². The molecule has 8 heteroatoms. The van der Waals surface area contributed by atoms with Crippen LogP contribution in [0.5, 0.6) is 0 Å². The molecule has 140 valence electrons. The summed E-state index contributed by atoms with van der Waals surface area (Å²) >= 11 is 6.31. The van der Waals surface area contributed by atoms with Crippen LogP contribution < -0.4 is 5.46 Å². The average Bonchev–Trinajstić information content (AvgIpc) is 2.98. The number of fused-ring (bicyclic) bond motifs is 1. The lowest BCUT2D eigenvalue weighted by Gasteiger charge is -2.32. The van der Waals surface area contributed by atoms with Crippen LogP contribution >= 0.6 is 11.6 Å². The molecule has 0 bridgehead atoms. The summed E-state index contributed by atoms with van der Waals surface area (Å²) in [6, 6.07) is 3.56. The molecular weight excluding hydrogens is 354 g/mol. The molecule has 2 aromatic rings. The third-order valence-electron chi connectivity index (χ3n) is 4.78.